The van der Waals surface area contributed by atoms with Crippen molar-refractivity contribution in [3.8, 4) is 11.8 Å². The minimum atomic E-state index is -0.883. The van der Waals surface area contributed by atoms with Gasteiger partial charge in [-0.15, -0.1) is 0 Å². The molecule has 1 atom stereocenters. The molecule has 3 heteroatoms. The van der Waals surface area contributed by atoms with Crippen molar-refractivity contribution < 1.29 is 8.78 Å². The molecule has 0 saturated heterocycles. The van der Waals surface area contributed by atoms with Crippen molar-refractivity contribution in [2.24, 2.45) is 5.73 Å². The molecule has 2 N–H and O–H groups in total. The fourth-order valence-electron chi connectivity index (χ4n) is 1.13. The van der Waals surface area contributed by atoms with E-state index in [2.05, 4.69) is 11.8 Å². The van der Waals surface area contributed by atoms with E-state index >= 15 is 0 Å². The molecular weight excluding hydrogens is 196 g/mol. The molecule has 1 aromatic carbocycles. The van der Waals surface area contributed by atoms with Crippen molar-refractivity contribution in [2.75, 3.05) is 0 Å². The maximum atomic E-state index is 12.8. The molecule has 0 aromatic heterocycles. The number of halogens is 2. The second kappa shape index (κ2) is 5.47. The van der Waals surface area contributed by atoms with Gasteiger partial charge in [0.1, 0.15) is 0 Å². The maximum Gasteiger partial charge on any atom is 0.160 e. The third kappa shape index (κ3) is 3.69. The summed E-state index contributed by atoms with van der Waals surface area (Å²) >= 11 is 0. The first-order chi connectivity index (χ1) is 7.13. The van der Waals surface area contributed by atoms with Gasteiger partial charge in [0.15, 0.2) is 11.6 Å². The standard InChI is InChI=1S/C12H13F2N/c1-2-3-10(15)6-4-9-5-7-11(13)12(14)8-9/h5,7-8,10H,2-3,15H2,1H3. The van der Waals surface area contributed by atoms with Crippen LogP contribution in [0, 0.1) is 23.5 Å². The van der Waals surface area contributed by atoms with E-state index in [0.29, 0.717) is 5.56 Å². The Kier molecular flexibility index (Phi) is 4.26. The fourth-order valence-corrected chi connectivity index (χ4v) is 1.13. The summed E-state index contributed by atoms with van der Waals surface area (Å²) in [6.45, 7) is 2.01. The van der Waals surface area contributed by atoms with E-state index in [4.69, 9.17) is 5.73 Å². The molecule has 0 amide bonds. The highest BCUT2D eigenvalue weighted by atomic mass is 19.2. The lowest BCUT2D eigenvalue weighted by Crippen LogP contribution is -2.16. The van der Waals surface area contributed by atoms with Gasteiger partial charge in [0, 0.05) is 5.56 Å². The van der Waals surface area contributed by atoms with Crippen LogP contribution in [-0.4, -0.2) is 6.04 Å². The summed E-state index contributed by atoms with van der Waals surface area (Å²) in [6, 6.07) is 3.36. The third-order valence-corrected chi connectivity index (χ3v) is 1.92. The largest absolute Gasteiger partial charge is 0.318 e. The van der Waals surface area contributed by atoms with Gasteiger partial charge in [-0.1, -0.05) is 25.2 Å². The molecule has 1 nitrogen and oxygen atoms in total. The molecule has 0 radical (unpaired) electrons. The first-order valence-electron chi connectivity index (χ1n) is 4.85. The SMILES string of the molecule is CCCC(N)C#Cc1ccc(F)c(F)c1. The summed E-state index contributed by atoms with van der Waals surface area (Å²) in [5.74, 6) is 3.75. The number of benzene rings is 1. The summed E-state index contributed by atoms with van der Waals surface area (Å²) < 4.78 is 25.3. The van der Waals surface area contributed by atoms with Crippen LogP contribution in [0.3, 0.4) is 0 Å². The van der Waals surface area contributed by atoms with Gasteiger partial charge in [-0.05, 0) is 24.6 Å². The Bertz CT molecular complexity index is 390. The summed E-state index contributed by atoms with van der Waals surface area (Å²) in [5.41, 5.74) is 6.10. The predicted molar refractivity (Wildman–Crippen MR) is 56.1 cm³/mol. The maximum absolute atomic E-state index is 12.8. The van der Waals surface area contributed by atoms with Crippen molar-refractivity contribution in [3.63, 3.8) is 0 Å². The minimum Gasteiger partial charge on any atom is -0.318 e. The van der Waals surface area contributed by atoms with Crippen LogP contribution < -0.4 is 5.73 Å². The van der Waals surface area contributed by atoms with Gasteiger partial charge in [-0.25, -0.2) is 8.78 Å². The Labute approximate surface area is 88.3 Å². The monoisotopic (exact) mass is 209 g/mol. The lowest BCUT2D eigenvalue weighted by atomic mass is 10.1. The lowest BCUT2D eigenvalue weighted by Gasteiger charge is -1.99. The van der Waals surface area contributed by atoms with Crippen molar-refractivity contribution in [3.05, 3.63) is 35.4 Å². The zero-order valence-electron chi connectivity index (χ0n) is 8.56. The first kappa shape index (κ1) is 11.7. The molecule has 15 heavy (non-hydrogen) atoms. The highest BCUT2D eigenvalue weighted by Gasteiger charge is 2.00. The molecule has 0 bridgehead atoms. The molecule has 0 heterocycles. The van der Waals surface area contributed by atoms with Gasteiger partial charge >= 0.3 is 0 Å². The zero-order chi connectivity index (χ0) is 11.3. The van der Waals surface area contributed by atoms with Crippen molar-refractivity contribution in [2.45, 2.75) is 25.8 Å². The topological polar surface area (TPSA) is 26.0 Å². The van der Waals surface area contributed by atoms with E-state index in [1.807, 2.05) is 6.92 Å². The molecule has 1 unspecified atom stereocenters. The smallest absolute Gasteiger partial charge is 0.160 e. The Morgan fingerprint density at radius 1 is 1.33 bits per heavy atom. The van der Waals surface area contributed by atoms with Crippen LogP contribution in [0.15, 0.2) is 18.2 Å². The van der Waals surface area contributed by atoms with Crippen LogP contribution >= 0.6 is 0 Å². The van der Waals surface area contributed by atoms with Gasteiger partial charge in [-0.3, -0.25) is 0 Å². The molecule has 1 rings (SSSR count). The van der Waals surface area contributed by atoms with Crippen molar-refractivity contribution >= 4 is 0 Å². The highest BCUT2D eigenvalue weighted by Crippen LogP contribution is 2.07. The number of nitrogens with two attached hydrogens (primary N) is 1. The number of hydrogen-bond donors (Lipinski definition) is 1. The van der Waals surface area contributed by atoms with Gasteiger partial charge in [0.05, 0.1) is 6.04 Å². The van der Waals surface area contributed by atoms with Crippen LogP contribution in [0.4, 0.5) is 8.78 Å². The van der Waals surface area contributed by atoms with E-state index in [9.17, 15) is 8.78 Å². The zero-order valence-corrected chi connectivity index (χ0v) is 8.56. The Hall–Kier alpha value is -1.40. The minimum absolute atomic E-state index is 0.205. The predicted octanol–water partition coefficient (Wildman–Crippen LogP) is 2.44. The van der Waals surface area contributed by atoms with Crippen LogP contribution in [0.1, 0.15) is 25.3 Å². The van der Waals surface area contributed by atoms with E-state index in [-0.39, 0.29) is 6.04 Å². The fraction of sp³-hybridized carbons (Fsp3) is 0.333. The molecule has 0 aliphatic carbocycles. The molecule has 80 valence electrons. The highest BCUT2D eigenvalue weighted by molar-refractivity contribution is 5.35. The molecule has 0 saturated carbocycles. The molecule has 0 aliphatic rings. The molecule has 0 aliphatic heterocycles. The third-order valence-electron chi connectivity index (χ3n) is 1.92. The summed E-state index contributed by atoms with van der Waals surface area (Å²) in [4.78, 5) is 0. The summed E-state index contributed by atoms with van der Waals surface area (Å²) in [5, 5.41) is 0. The Morgan fingerprint density at radius 2 is 2.07 bits per heavy atom. The van der Waals surface area contributed by atoms with Crippen LogP contribution in [0.2, 0.25) is 0 Å². The number of rotatable bonds is 2. The Balaban J connectivity index is 2.76. The molecule has 0 spiro atoms. The molecule has 0 fully saturated rings. The van der Waals surface area contributed by atoms with Gasteiger partial charge in [0.25, 0.3) is 0 Å². The van der Waals surface area contributed by atoms with Crippen LogP contribution in [-0.2, 0) is 0 Å². The van der Waals surface area contributed by atoms with E-state index in [0.717, 1.165) is 25.0 Å². The first-order valence-corrected chi connectivity index (χ1v) is 4.85. The summed E-state index contributed by atoms with van der Waals surface area (Å²) in [7, 11) is 0. The van der Waals surface area contributed by atoms with Gasteiger partial charge < -0.3 is 5.73 Å². The molecular formula is C12H13F2N. The lowest BCUT2D eigenvalue weighted by molar-refractivity contribution is 0.508. The van der Waals surface area contributed by atoms with Crippen LogP contribution in [0.25, 0.3) is 0 Å². The van der Waals surface area contributed by atoms with Gasteiger partial charge in [-0.2, -0.15) is 0 Å². The summed E-state index contributed by atoms with van der Waals surface area (Å²) in [6.07, 6.45) is 1.75. The second-order valence-electron chi connectivity index (χ2n) is 3.29. The van der Waals surface area contributed by atoms with Crippen molar-refractivity contribution in [1.82, 2.24) is 0 Å². The quantitative estimate of drug-likeness (QED) is 0.744. The van der Waals surface area contributed by atoms with E-state index in [1.165, 1.54) is 6.07 Å². The van der Waals surface area contributed by atoms with Crippen molar-refractivity contribution in [1.29, 1.82) is 0 Å². The molecule has 1 aromatic rings. The Morgan fingerprint density at radius 3 is 2.67 bits per heavy atom. The van der Waals surface area contributed by atoms with Gasteiger partial charge in [0.2, 0.25) is 0 Å². The second-order valence-corrected chi connectivity index (χ2v) is 3.29. The average Bonchev–Trinajstić information content (AvgIpc) is 2.20. The average molecular weight is 209 g/mol. The van der Waals surface area contributed by atoms with E-state index in [1.54, 1.807) is 0 Å². The number of hydrogen-bond acceptors (Lipinski definition) is 1. The normalized spacial score (nSPS) is 11.7. The van der Waals surface area contributed by atoms with E-state index < -0.39 is 11.6 Å². The van der Waals surface area contributed by atoms with Crippen LogP contribution in [0.5, 0.6) is 0 Å².